The van der Waals surface area contributed by atoms with Crippen molar-refractivity contribution in [3.63, 3.8) is 0 Å². The van der Waals surface area contributed by atoms with E-state index in [0.29, 0.717) is 18.4 Å². The molecule has 1 aromatic carbocycles. The molecule has 3 heteroatoms. The maximum absolute atomic E-state index is 13.0. The molecule has 76 valence electrons. The summed E-state index contributed by atoms with van der Waals surface area (Å²) in [5.74, 6) is -0.498. The Morgan fingerprint density at radius 2 is 2.29 bits per heavy atom. The third kappa shape index (κ3) is 2.56. The maximum atomic E-state index is 13.0. The summed E-state index contributed by atoms with van der Waals surface area (Å²) < 4.78 is 13.0. The van der Waals surface area contributed by atoms with Crippen LogP contribution >= 0.6 is 11.6 Å². The van der Waals surface area contributed by atoms with Crippen molar-refractivity contribution in [3.8, 4) is 0 Å². The van der Waals surface area contributed by atoms with Crippen molar-refractivity contribution in [1.82, 2.24) is 0 Å². The van der Waals surface area contributed by atoms with Gasteiger partial charge in [0.25, 0.3) is 0 Å². The summed E-state index contributed by atoms with van der Waals surface area (Å²) in [7, 11) is 0. The van der Waals surface area contributed by atoms with Crippen LogP contribution in [0.25, 0.3) is 0 Å². The Balaban J connectivity index is 2.83. The summed E-state index contributed by atoms with van der Waals surface area (Å²) in [5.41, 5.74) is 0.438. The highest BCUT2D eigenvalue weighted by atomic mass is 35.5. The van der Waals surface area contributed by atoms with Crippen molar-refractivity contribution >= 4 is 11.6 Å². The van der Waals surface area contributed by atoms with Crippen molar-refractivity contribution in [2.24, 2.45) is 0 Å². The van der Waals surface area contributed by atoms with Crippen LogP contribution in [0.4, 0.5) is 4.39 Å². The van der Waals surface area contributed by atoms with Crippen LogP contribution in [0.15, 0.2) is 30.9 Å². The second-order valence-corrected chi connectivity index (χ2v) is 3.40. The van der Waals surface area contributed by atoms with Crippen molar-refractivity contribution in [1.29, 1.82) is 0 Å². The molecule has 1 nitrogen and oxygen atoms in total. The van der Waals surface area contributed by atoms with Crippen LogP contribution in [-0.2, 0) is 0 Å². The second kappa shape index (κ2) is 5.13. The first kappa shape index (κ1) is 11.2. The van der Waals surface area contributed by atoms with Crippen LogP contribution in [0.3, 0.4) is 0 Å². The average molecular weight is 215 g/mol. The van der Waals surface area contributed by atoms with E-state index in [1.807, 2.05) is 0 Å². The summed E-state index contributed by atoms with van der Waals surface area (Å²) in [4.78, 5) is 0. The summed E-state index contributed by atoms with van der Waals surface area (Å²) in [6, 6.07) is 4.43. The summed E-state index contributed by atoms with van der Waals surface area (Å²) in [6.45, 7) is 3.55. The van der Waals surface area contributed by atoms with E-state index < -0.39 is 11.9 Å². The summed E-state index contributed by atoms with van der Waals surface area (Å²) in [5, 5.41) is 9.66. The Morgan fingerprint density at radius 3 is 2.93 bits per heavy atom. The van der Waals surface area contributed by atoms with Gasteiger partial charge in [0.2, 0.25) is 0 Å². The number of benzene rings is 1. The second-order valence-electron chi connectivity index (χ2n) is 3.02. The molecule has 1 N–H and O–H groups in total. The fourth-order valence-electron chi connectivity index (χ4n) is 1.21. The first-order chi connectivity index (χ1) is 6.66. The molecule has 0 spiro atoms. The smallest absolute Gasteiger partial charge is 0.142 e. The molecule has 1 atom stereocenters. The molecule has 1 rings (SSSR count). The van der Waals surface area contributed by atoms with Gasteiger partial charge in [0.1, 0.15) is 5.82 Å². The van der Waals surface area contributed by atoms with Gasteiger partial charge in [-0.1, -0.05) is 29.8 Å². The maximum Gasteiger partial charge on any atom is 0.142 e. The monoisotopic (exact) mass is 214 g/mol. The highest BCUT2D eigenvalue weighted by molar-refractivity contribution is 6.31. The van der Waals surface area contributed by atoms with Gasteiger partial charge in [-0.2, -0.15) is 0 Å². The average Bonchev–Trinajstić information content (AvgIpc) is 2.18. The van der Waals surface area contributed by atoms with E-state index in [9.17, 15) is 9.50 Å². The van der Waals surface area contributed by atoms with E-state index in [4.69, 9.17) is 11.6 Å². The van der Waals surface area contributed by atoms with Gasteiger partial charge in [-0.15, -0.1) is 6.58 Å². The zero-order chi connectivity index (χ0) is 10.6. The van der Waals surface area contributed by atoms with Crippen LogP contribution in [-0.4, -0.2) is 5.11 Å². The van der Waals surface area contributed by atoms with Crippen molar-refractivity contribution in [2.45, 2.75) is 18.9 Å². The standard InChI is InChI=1S/C11H12ClFO/c1-2-3-7-10(14)8-5-4-6-9(13)11(8)12/h2,4-6,10,14H,1,3,7H2. The predicted octanol–water partition coefficient (Wildman–Crippen LogP) is 3.48. The van der Waals surface area contributed by atoms with Crippen LogP contribution in [0, 0.1) is 5.82 Å². The molecule has 0 aliphatic heterocycles. The fourth-order valence-corrected chi connectivity index (χ4v) is 1.46. The molecule has 0 aromatic heterocycles. The Hall–Kier alpha value is -0.860. The number of halogens is 2. The fraction of sp³-hybridized carbons (Fsp3) is 0.273. The first-order valence-electron chi connectivity index (χ1n) is 4.39. The Labute approximate surface area is 87.8 Å². The van der Waals surface area contributed by atoms with E-state index in [0.717, 1.165) is 0 Å². The molecule has 0 fully saturated rings. The lowest BCUT2D eigenvalue weighted by molar-refractivity contribution is 0.168. The number of allylic oxidation sites excluding steroid dienone is 1. The Morgan fingerprint density at radius 1 is 1.57 bits per heavy atom. The third-order valence-electron chi connectivity index (χ3n) is 1.98. The number of aliphatic hydroxyl groups is 1. The third-order valence-corrected chi connectivity index (χ3v) is 2.38. The molecule has 1 unspecified atom stereocenters. The molecular weight excluding hydrogens is 203 g/mol. The molecule has 0 bridgehead atoms. The van der Waals surface area contributed by atoms with Crippen LogP contribution in [0.2, 0.25) is 5.02 Å². The van der Waals surface area contributed by atoms with Gasteiger partial charge in [-0.3, -0.25) is 0 Å². The Kier molecular flexibility index (Phi) is 4.11. The van der Waals surface area contributed by atoms with E-state index >= 15 is 0 Å². The Bertz CT molecular complexity index is 325. The lowest BCUT2D eigenvalue weighted by Crippen LogP contribution is -1.98. The highest BCUT2D eigenvalue weighted by Gasteiger charge is 2.13. The minimum Gasteiger partial charge on any atom is -0.388 e. The summed E-state index contributed by atoms with van der Waals surface area (Å²) >= 11 is 5.71. The zero-order valence-electron chi connectivity index (χ0n) is 7.71. The first-order valence-corrected chi connectivity index (χ1v) is 4.77. The van der Waals surface area contributed by atoms with E-state index in [1.165, 1.54) is 12.1 Å². The molecule has 0 saturated heterocycles. The number of hydrogen-bond acceptors (Lipinski definition) is 1. The molecule has 0 aliphatic rings. The molecule has 14 heavy (non-hydrogen) atoms. The number of hydrogen-bond donors (Lipinski definition) is 1. The highest BCUT2D eigenvalue weighted by Crippen LogP contribution is 2.28. The number of rotatable bonds is 4. The van der Waals surface area contributed by atoms with Gasteiger partial charge in [0.05, 0.1) is 11.1 Å². The largest absolute Gasteiger partial charge is 0.388 e. The van der Waals surface area contributed by atoms with E-state index in [-0.39, 0.29) is 5.02 Å². The zero-order valence-corrected chi connectivity index (χ0v) is 8.47. The van der Waals surface area contributed by atoms with Crippen molar-refractivity contribution in [3.05, 3.63) is 47.3 Å². The van der Waals surface area contributed by atoms with Crippen molar-refractivity contribution < 1.29 is 9.50 Å². The van der Waals surface area contributed by atoms with Gasteiger partial charge in [-0.05, 0) is 18.9 Å². The minimum atomic E-state index is -0.726. The van der Waals surface area contributed by atoms with E-state index in [1.54, 1.807) is 12.1 Å². The van der Waals surface area contributed by atoms with Gasteiger partial charge >= 0.3 is 0 Å². The molecule has 0 saturated carbocycles. The molecule has 1 aromatic rings. The van der Waals surface area contributed by atoms with Crippen LogP contribution < -0.4 is 0 Å². The normalized spacial score (nSPS) is 12.5. The summed E-state index contributed by atoms with van der Waals surface area (Å²) in [6.07, 6.45) is 2.16. The van der Waals surface area contributed by atoms with E-state index in [2.05, 4.69) is 6.58 Å². The lowest BCUT2D eigenvalue weighted by atomic mass is 10.0. The topological polar surface area (TPSA) is 20.2 Å². The molecule has 0 heterocycles. The number of aliphatic hydroxyl groups excluding tert-OH is 1. The van der Waals surface area contributed by atoms with Gasteiger partial charge in [0, 0.05) is 5.56 Å². The van der Waals surface area contributed by atoms with Gasteiger partial charge in [0.15, 0.2) is 0 Å². The van der Waals surface area contributed by atoms with Crippen LogP contribution in [0.5, 0.6) is 0 Å². The molecular formula is C11H12ClFO. The molecule has 0 radical (unpaired) electrons. The predicted molar refractivity (Wildman–Crippen MR) is 55.8 cm³/mol. The lowest BCUT2D eigenvalue weighted by Gasteiger charge is -2.11. The molecule has 0 amide bonds. The van der Waals surface area contributed by atoms with Gasteiger partial charge in [-0.25, -0.2) is 4.39 Å². The molecule has 0 aliphatic carbocycles. The quantitative estimate of drug-likeness (QED) is 0.761. The SMILES string of the molecule is C=CCCC(O)c1cccc(F)c1Cl. The van der Waals surface area contributed by atoms with Crippen molar-refractivity contribution in [2.75, 3.05) is 0 Å². The van der Waals surface area contributed by atoms with Gasteiger partial charge < -0.3 is 5.11 Å². The van der Waals surface area contributed by atoms with Crippen LogP contribution in [0.1, 0.15) is 24.5 Å². The minimum absolute atomic E-state index is 0.00376.